The Kier molecular flexibility index (Phi) is 9.12. The van der Waals surface area contributed by atoms with Crippen LogP contribution in [0.4, 0.5) is 22.0 Å². The van der Waals surface area contributed by atoms with Gasteiger partial charge in [-0.15, -0.1) is 0 Å². The van der Waals surface area contributed by atoms with E-state index in [2.05, 4.69) is 9.72 Å². The van der Waals surface area contributed by atoms with E-state index in [1.807, 2.05) is 0 Å². The number of pyridine rings is 1. The molecule has 0 aliphatic carbocycles. The van der Waals surface area contributed by atoms with Crippen LogP contribution in [0, 0.1) is 5.92 Å². The van der Waals surface area contributed by atoms with Gasteiger partial charge in [0.15, 0.2) is 14.9 Å². The molecular weight excluding hydrogens is 571 g/mol. The van der Waals surface area contributed by atoms with Crippen molar-refractivity contribution >= 4 is 19.7 Å². The normalized spacial score (nSPS) is 17.5. The first-order chi connectivity index (χ1) is 17.9. The molecule has 1 aromatic carbocycles. The number of piperidine rings is 1. The number of halogens is 5. The predicted octanol–water partition coefficient (Wildman–Crippen LogP) is 4.20. The van der Waals surface area contributed by atoms with Gasteiger partial charge in [-0.2, -0.15) is 22.0 Å². The summed E-state index contributed by atoms with van der Waals surface area (Å²) in [6, 6.07) is 5.03. The fourth-order valence-corrected chi connectivity index (χ4v) is 7.28. The molecule has 1 aliphatic heterocycles. The van der Waals surface area contributed by atoms with Gasteiger partial charge in [0.2, 0.25) is 9.84 Å². The van der Waals surface area contributed by atoms with Crippen LogP contribution < -0.4 is 0 Å². The Morgan fingerprint density at radius 3 is 2.23 bits per heavy atom. The topological polar surface area (TPSA) is 114 Å². The Bertz CT molecular complexity index is 1390. The molecule has 8 nitrogen and oxygen atoms in total. The third kappa shape index (κ3) is 6.93. The van der Waals surface area contributed by atoms with Crippen LogP contribution in [0.3, 0.4) is 0 Å². The summed E-state index contributed by atoms with van der Waals surface area (Å²) in [5, 5.41) is 10.3. The largest absolute Gasteiger partial charge is 0.416 e. The number of nitrogens with zero attached hydrogens (tertiary/aromatic N) is 2. The van der Waals surface area contributed by atoms with Gasteiger partial charge in [0, 0.05) is 31.1 Å². The zero-order valence-corrected chi connectivity index (χ0v) is 23.0. The Morgan fingerprint density at radius 1 is 1.08 bits per heavy atom. The molecule has 2 heterocycles. The number of likely N-dealkylation sites (tertiary alicyclic amines) is 1. The second-order valence-electron chi connectivity index (χ2n) is 9.89. The Hall–Kier alpha value is -2.20. The van der Waals surface area contributed by atoms with Gasteiger partial charge in [-0.3, -0.25) is 4.90 Å². The second-order valence-corrected chi connectivity index (χ2v) is 14.3. The summed E-state index contributed by atoms with van der Waals surface area (Å²) in [4.78, 5) is 4.97. The number of hydrogen-bond donors (Lipinski definition) is 1. The number of alkyl halides is 5. The van der Waals surface area contributed by atoms with Crippen LogP contribution in [0.2, 0.25) is 0 Å². The van der Waals surface area contributed by atoms with Gasteiger partial charge >= 0.3 is 12.8 Å². The van der Waals surface area contributed by atoms with Crippen molar-refractivity contribution in [2.75, 3.05) is 19.3 Å². The number of hydrogen-bond acceptors (Lipinski definition) is 8. The van der Waals surface area contributed by atoms with E-state index in [0.717, 1.165) is 18.5 Å². The first-order valence-corrected chi connectivity index (χ1v) is 15.2. The van der Waals surface area contributed by atoms with E-state index in [1.165, 1.54) is 26.0 Å². The summed E-state index contributed by atoms with van der Waals surface area (Å²) in [5.41, 5.74) is -0.935. The highest BCUT2D eigenvalue weighted by molar-refractivity contribution is 7.92. The van der Waals surface area contributed by atoms with Crippen LogP contribution in [0.1, 0.15) is 49.6 Å². The maximum Gasteiger partial charge on any atom is 0.416 e. The Balaban J connectivity index is 1.79. The lowest BCUT2D eigenvalue weighted by Gasteiger charge is -2.41. The summed E-state index contributed by atoms with van der Waals surface area (Å²) in [6.45, 7) is -0.436. The average molecular weight is 601 g/mol. The molecule has 3 rings (SSSR count). The lowest BCUT2D eigenvalue weighted by atomic mass is 9.85. The average Bonchev–Trinajstić information content (AvgIpc) is 2.86. The number of aliphatic hydroxyl groups is 1. The van der Waals surface area contributed by atoms with Gasteiger partial charge in [-0.05, 0) is 56.4 Å². The van der Waals surface area contributed by atoms with Gasteiger partial charge in [0.05, 0.1) is 21.8 Å². The standard InChI is InChI=1S/C24H29F5N2O6S2/c1-23(2,39(35,36)20-13-17(6-9-30-20)24(27,28)29)16-7-10-31(11-8-16)21(32)18-5-4-15(14-37-22(25)26)12-19(18)38(3,33)34/h4-6,9,12-13,16,21-22,32H,7-8,10-11,14H2,1-3H3. The molecule has 15 heteroatoms. The molecule has 1 fully saturated rings. The van der Waals surface area contributed by atoms with Crippen LogP contribution in [0.5, 0.6) is 0 Å². The summed E-state index contributed by atoms with van der Waals surface area (Å²) in [7, 11) is -8.16. The van der Waals surface area contributed by atoms with Crippen molar-refractivity contribution in [3.63, 3.8) is 0 Å². The highest BCUT2D eigenvalue weighted by Gasteiger charge is 2.46. The second kappa shape index (κ2) is 11.4. The van der Waals surface area contributed by atoms with E-state index in [4.69, 9.17) is 0 Å². The van der Waals surface area contributed by atoms with Gasteiger partial charge in [-0.1, -0.05) is 12.1 Å². The van der Waals surface area contributed by atoms with Crippen molar-refractivity contribution in [2.45, 2.75) is 67.0 Å². The molecule has 1 N–H and O–H groups in total. The van der Waals surface area contributed by atoms with E-state index in [1.54, 1.807) is 4.90 Å². The summed E-state index contributed by atoms with van der Waals surface area (Å²) in [6.07, 6.45) is -3.96. The third-order valence-electron chi connectivity index (χ3n) is 7.02. The van der Waals surface area contributed by atoms with E-state index in [-0.39, 0.29) is 42.0 Å². The Morgan fingerprint density at radius 2 is 1.69 bits per heavy atom. The number of ether oxygens (including phenoxy) is 1. The van der Waals surface area contributed by atoms with Crippen molar-refractivity contribution < 1.29 is 48.6 Å². The zero-order valence-electron chi connectivity index (χ0n) is 21.3. The molecule has 0 radical (unpaired) electrons. The molecule has 1 saturated heterocycles. The molecule has 2 aromatic rings. The molecule has 0 bridgehead atoms. The maximum absolute atomic E-state index is 13.3. The van der Waals surface area contributed by atoms with Gasteiger partial charge in [0.25, 0.3) is 0 Å². The minimum absolute atomic E-state index is 0.0248. The van der Waals surface area contributed by atoms with E-state index in [0.29, 0.717) is 12.1 Å². The SMILES string of the molecule is CC(C)(C1CCN(C(O)c2ccc(COC(F)F)cc2S(C)(=O)=O)CC1)S(=O)(=O)c1cc(C(F)(F)F)ccn1. The van der Waals surface area contributed by atoms with Crippen molar-refractivity contribution in [3.8, 4) is 0 Å². The summed E-state index contributed by atoms with van der Waals surface area (Å²) >= 11 is 0. The molecule has 218 valence electrons. The molecule has 1 aliphatic rings. The molecular formula is C24H29F5N2O6S2. The van der Waals surface area contributed by atoms with Crippen molar-refractivity contribution in [3.05, 3.63) is 53.2 Å². The van der Waals surface area contributed by atoms with Crippen LogP contribution in [0.25, 0.3) is 0 Å². The zero-order chi connectivity index (χ0) is 29.4. The van der Waals surface area contributed by atoms with Crippen molar-refractivity contribution in [1.82, 2.24) is 9.88 Å². The molecule has 0 spiro atoms. The van der Waals surface area contributed by atoms with E-state index < -0.39 is 66.6 Å². The van der Waals surface area contributed by atoms with Crippen LogP contribution in [0.15, 0.2) is 46.5 Å². The first-order valence-electron chi connectivity index (χ1n) is 11.8. The number of benzene rings is 1. The molecule has 1 atom stereocenters. The third-order valence-corrected chi connectivity index (χ3v) is 10.7. The van der Waals surface area contributed by atoms with Crippen molar-refractivity contribution in [2.24, 2.45) is 5.92 Å². The smallest absolute Gasteiger partial charge is 0.374 e. The Labute approximate surface area is 223 Å². The minimum atomic E-state index is -4.74. The fourth-order valence-electron chi connectivity index (χ4n) is 4.62. The molecule has 1 aromatic heterocycles. The van der Waals surface area contributed by atoms with Gasteiger partial charge in [0.1, 0.15) is 6.23 Å². The predicted molar refractivity (Wildman–Crippen MR) is 130 cm³/mol. The minimum Gasteiger partial charge on any atom is -0.374 e. The van der Waals surface area contributed by atoms with E-state index in [9.17, 15) is 43.9 Å². The number of rotatable bonds is 9. The highest BCUT2D eigenvalue weighted by atomic mass is 32.2. The van der Waals surface area contributed by atoms with E-state index >= 15 is 0 Å². The van der Waals surface area contributed by atoms with Crippen molar-refractivity contribution in [1.29, 1.82) is 0 Å². The molecule has 39 heavy (non-hydrogen) atoms. The lowest BCUT2D eigenvalue weighted by Crippen LogP contribution is -2.47. The summed E-state index contributed by atoms with van der Waals surface area (Å²) in [5.74, 6) is -0.509. The van der Waals surface area contributed by atoms with Gasteiger partial charge < -0.3 is 9.84 Å². The first kappa shape index (κ1) is 31.3. The van der Waals surface area contributed by atoms with Crippen LogP contribution in [-0.4, -0.2) is 62.5 Å². The number of aromatic nitrogens is 1. The summed E-state index contributed by atoms with van der Waals surface area (Å²) < 4.78 is 118. The molecule has 0 saturated carbocycles. The monoisotopic (exact) mass is 600 g/mol. The van der Waals surface area contributed by atoms with Crippen LogP contribution in [-0.2, 0) is 37.2 Å². The number of aliphatic hydroxyl groups excluding tert-OH is 1. The highest BCUT2D eigenvalue weighted by Crippen LogP contribution is 2.40. The quantitative estimate of drug-likeness (QED) is 0.426. The lowest BCUT2D eigenvalue weighted by molar-refractivity contribution is -0.138. The fraction of sp³-hybridized carbons (Fsp3) is 0.542. The molecule has 1 unspecified atom stereocenters. The van der Waals surface area contributed by atoms with Gasteiger partial charge in [-0.25, -0.2) is 21.8 Å². The maximum atomic E-state index is 13.3. The molecule has 0 amide bonds. The van der Waals surface area contributed by atoms with Crippen LogP contribution >= 0.6 is 0 Å². The number of sulfone groups is 2.